The van der Waals surface area contributed by atoms with Crippen molar-refractivity contribution in [1.29, 1.82) is 0 Å². The first-order valence-electron chi connectivity index (χ1n) is 9.81. The highest BCUT2D eigenvalue weighted by Crippen LogP contribution is 2.33. The molecule has 4 nitrogen and oxygen atoms in total. The molecule has 2 N–H and O–H groups in total. The number of rotatable bonds is 5. The van der Waals surface area contributed by atoms with Gasteiger partial charge >= 0.3 is 0 Å². The van der Waals surface area contributed by atoms with Gasteiger partial charge in [0.05, 0.1) is 27.9 Å². The predicted octanol–water partition coefficient (Wildman–Crippen LogP) is 4.69. The molecule has 2 unspecified atom stereocenters. The molecule has 1 aromatic heterocycles. The normalized spacial score (nSPS) is 17.1. The highest BCUT2D eigenvalue weighted by Gasteiger charge is 2.26. The van der Waals surface area contributed by atoms with Crippen LogP contribution >= 0.6 is 11.6 Å². The number of benzene rings is 2. The zero-order chi connectivity index (χ0) is 21.3. The van der Waals surface area contributed by atoms with E-state index in [-0.39, 0.29) is 16.1 Å². The first-order valence-corrected chi connectivity index (χ1v) is 11.4. The summed E-state index contributed by atoms with van der Waals surface area (Å²) >= 11 is 6.03. The van der Waals surface area contributed by atoms with Gasteiger partial charge in [-0.3, -0.25) is 4.21 Å². The van der Waals surface area contributed by atoms with E-state index in [0.717, 1.165) is 31.5 Å². The maximum Gasteiger partial charge on any atom is 0.141 e. The SMILES string of the molecule is Cc1cc(C(c2ccc(F)c(Cl)c2)c2ncc(S(=O)C3CCNCC3)[nH]2)ccc1F. The van der Waals surface area contributed by atoms with Gasteiger partial charge in [0, 0.05) is 5.25 Å². The van der Waals surface area contributed by atoms with Gasteiger partial charge in [-0.25, -0.2) is 13.8 Å². The van der Waals surface area contributed by atoms with Crippen LogP contribution in [0.3, 0.4) is 0 Å². The van der Waals surface area contributed by atoms with E-state index in [2.05, 4.69) is 15.3 Å². The molecule has 1 aliphatic rings. The minimum atomic E-state index is -1.20. The lowest BCUT2D eigenvalue weighted by molar-refractivity contribution is 0.519. The van der Waals surface area contributed by atoms with Gasteiger partial charge < -0.3 is 10.3 Å². The molecule has 1 saturated heterocycles. The van der Waals surface area contributed by atoms with Gasteiger partial charge in [-0.1, -0.05) is 29.8 Å². The molecule has 4 rings (SSSR count). The lowest BCUT2D eigenvalue weighted by Crippen LogP contribution is -2.33. The fourth-order valence-electron chi connectivity index (χ4n) is 3.80. The predicted molar refractivity (Wildman–Crippen MR) is 114 cm³/mol. The molecular weight excluding hydrogens is 428 g/mol. The summed E-state index contributed by atoms with van der Waals surface area (Å²) in [5, 5.41) is 3.91. The second kappa shape index (κ2) is 8.96. The molecule has 0 aliphatic carbocycles. The Bertz CT molecular complexity index is 1030. The number of hydrogen-bond acceptors (Lipinski definition) is 3. The zero-order valence-electron chi connectivity index (χ0n) is 16.4. The second-order valence-electron chi connectivity index (χ2n) is 7.49. The first-order chi connectivity index (χ1) is 14.4. The maximum atomic E-state index is 13.9. The molecule has 30 heavy (non-hydrogen) atoms. The summed E-state index contributed by atoms with van der Waals surface area (Å²) in [6, 6.07) is 9.31. The van der Waals surface area contributed by atoms with Crippen molar-refractivity contribution in [3.8, 4) is 0 Å². The fraction of sp³-hybridized carbons (Fsp3) is 0.318. The highest BCUT2D eigenvalue weighted by molar-refractivity contribution is 7.85. The standard InChI is InChI=1S/C22H22ClF2N3OS/c1-13-10-14(2-4-18(13)24)21(15-3-5-19(25)17(23)11-15)22-27-12-20(28-22)30(29)16-6-8-26-9-7-16/h2-5,10-12,16,21,26H,6-9H2,1H3,(H,27,28). The van der Waals surface area contributed by atoms with E-state index in [0.29, 0.717) is 22.0 Å². The van der Waals surface area contributed by atoms with E-state index >= 15 is 0 Å². The third-order valence-electron chi connectivity index (χ3n) is 5.44. The Hall–Kier alpha value is -2.09. The van der Waals surface area contributed by atoms with Gasteiger partial charge in [-0.15, -0.1) is 0 Å². The number of aryl methyl sites for hydroxylation is 1. The zero-order valence-corrected chi connectivity index (χ0v) is 18.0. The molecular formula is C22H22ClF2N3OS. The summed E-state index contributed by atoms with van der Waals surface area (Å²) in [5.74, 6) is -0.689. The number of imidazole rings is 1. The number of aromatic nitrogens is 2. The number of H-pyrrole nitrogens is 1. The van der Waals surface area contributed by atoms with Crippen molar-refractivity contribution in [2.24, 2.45) is 0 Å². The molecule has 8 heteroatoms. The maximum absolute atomic E-state index is 13.9. The number of halogens is 3. The number of hydrogen-bond donors (Lipinski definition) is 2. The smallest absolute Gasteiger partial charge is 0.141 e. The number of piperidine rings is 1. The number of aromatic amines is 1. The van der Waals surface area contributed by atoms with Crippen LogP contribution in [0, 0.1) is 18.6 Å². The summed E-state index contributed by atoms with van der Waals surface area (Å²) in [5.41, 5.74) is 1.99. The Labute approximate surface area is 181 Å². The van der Waals surface area contributed by atoms with Crippen LogP contribution in [0.15, 0.2) is 47.6 Å². The van der Waals surface area contributed by atoms with E-state index < -0.39 is 22.5 Å². The molecule has 0 radical (unpaired) electrons. The topological polar surface area (TPSA) is 57.8 Å². The van der Waals surface area contributed by atoms with Gasteiger partial charge in [0.15, 0.2) is 0 Å². The summed E-state index contributed by atoms with van der Waals surface area (Å²) in [6.45, 7) is 3.39. The summed E-state index contributed by atoms with van der Waals surface area (Å²) in [7, 11) is -1.20. The first kappa shape index (κ1) is 21.2. The average Bonchev–Trinajstić information content (AvgIpc) is 3.23. The van der Waals surface area contributed by atoms with Gasteiger partial charge in [-0.2, -0.15) is 0 Å². The lowest BCUT2D eigenvalue weighted by atomic mass is 9.89. The molecule has 2 aromatic carbocycles. The van der Waals surface area contributed by atoms with Crippen molar-refractivity contribution < 1.29 is 13.0 Å². The Morgan fingerprint density at radius 1 is 1.10 bits per heavy atom. The Morgan fingerprint density at radius 3 is 2.43 bits per heavy atom. The van der Waals surface area contributed by atoms with E-state index in [9.17, 15) is 13.0 Å². The van der Waals surface area contributed by atoms with Crippen LogP contribution in [-0.2, 0) is 10.8 Å². The van der Waals surface area contributed by atoms with E-state index in [1.54, 1.807) is 37.4 Å². The van der Waals surface area contributed by atoms with Crippen LogP contribution in [-0.4, -0.2) is 32.5 Å². The van der Waals surface area contributed by atoms with Gasteiger partial charge in [0.1, 0.15) is 22.5 Å². The third kappa shape index (κ3) is 4.33. The minimum absolute atomic E-state index is 0.00129. The quantitative estimate of drug-likeness (QED) is 0.594. The van der Waals surface area contributed by atoms with E-state index in [1.807, 2.05) is 0 Å². The van der Waals surface area contributed by atoms with Gasteiger partial charge in [-0.05, 0) is 67.7 Å². The molecule has 0 spiro atoms. The molecule has 1 aliphatic heterocycles. The second-order valence-corrected chi connectivity index (χ2v) is 9.60. The molecule has 158 valence electrons. The molecule has 3 aromatic rings. The van der Waals surface area contributed by atoms with Crippen molar-refractivity contribution >= 4 is 22.4 Å². The molecule has 0 amide bonds. The summed E-state index contributed by atoms with van der Waals surface area (Å²) in [6.07, 6.45) is 3.28. The molecule has 0 saturated carbocycles. The fourth-order valence-corrected chi connectivity index (χ4v) is 5.38. The average molecular weight is 450 g/mol. The molecule has 0 bridgehead atoms. The largest absolute Gasteiger partial charge is 0.334 e. The third-order valence-corrected chi connectivity index (χ3v) is 7.45. The number of nitrogens with zero attached hydrogens (tertiary/aromatic N) is 1. The van der Waals surface area contributed by atoms with Crippen molar-refractivity contribution in [3.05, 3.63) is 81.8 Å². The van der Waals surface area contributed by atoms with Crippen LogP contribution in [0.5, 0.6) is 0 Å². The van der Waals surface area contributed by atoms with Crippen LogP contribution in [0.4, 0.5) is 8.78 Å². The van der Waals surface area contributed by atoms with Crippen molar-refractivity contribution in [2.45, 2.75) is 36.0 Å². The molecule has 1 fully saturated rings. The molecule has 2 atom stereocenters. The van der Waals surface area contributed by atoms with Crippen molar-refractivity contribution in [1.82, 2.24) is 15.3 Å². The Kier molecular flexibility index (Phi) is 6.32. The number of nitrogens with one attached hydrogen (secondary N) is 2. The van der Waals surface area contributed by atoms with Crippen molar-refractivity contribution in [2.75, 3.05) is 13.1 Å². The van der Waals surface area contributed by atoms with Gasteiger partial charge in [0.2, 0.25) is 0 Å². The van der Waals surface area contributed by atoms with Gasteiger partial charge in [0.25, 0.3) is 0 Å². The van der Waals surface area contributed by atoms with Crippen LogP contribution in [0.25, 0.3) is 0 Å². The van der Waals surface area contributed by atoms with Crippen LogP contribution in [0.2, 0.25) is 5.02 Å². The Morgan fingerprint density at radius 2 is 1.77 bits per heavy atom. The van der Waals surface area contributed by atoms with Crippen LogP contribution < -0.4 is 5.32 Å². The lowest BCUT2D eigenvalue weighted by Gasteiger charge is -2.21. The van der Waals surface area contributed by atoms with E-state index in [4.69, 9.17) is 11.6 Å². The molecule has 2 heterocycles. The van der Waals surface area contributed by atoms with Crippen LogP contribution in [0.1, 0.15) is 41.3 Å². The minimum Gasteiger partial charge on any atom is -0.334 e. The Balaban J connectivity index is 1.74. The van der Waals surface area contributed by atoms with E-state index in [1.165, 1.54) is 12.1 Å². The summed E-state index contributed by atoms with van der Waals surface area (Å²) in [4.78, 5) is 7.71. The highest BCUT2D eigenvalue weighted by atomic mass is 35.5. The summed E-state index contributed by atoms with van der Waals surface area (Å²) < 4.78 is 40.6. The van der Waals surface area contributed by atoms with Crippen molar-refractivity contribution in [3.63, 3.8) is 0 Å². The monoisotopic (exact) mass is 449 g/mol.